The molecule has 2 aromatic carbocycles. The standard InChI is InChI=1S/C24H18F5N5O2/c1-14-19(13-32-34(14)20-8-7-16(25)10-18(20)26)33-23(35)31-12-15-6-9-22(30-11-15)36-21-5-3-2-4-17(21)24(27,28)29/h2-11,13H,12H2,1H3,(H2,31,33,35). The number of halogens is 5. The molecule has 0 aliphatic rings. The van der Waals surface area contributed by atoms with Crippen molar-refractivity contribution in [1.29, 1.82) is 0 Å². The number of anilines is 1. The molecule has 12 heteroatoms. The number of benzene rings is 2. The molecule has 0 aliphatic carbocycles. The Balaban J connectivity index is 1.35. The molecule has 4 rings (SSSR count). The van der Waals surface area contributed by atoms with Gasteiger partial charge in [0.25, 0.3) is 0 Å². The van der Waals surface area contributed by atoms with E-state index >= 15 is 0 Å². The van der Waals surface area contributed by atoms with Crippen LogP contribution in [0.15, 0.2) is 67.0 Å². The number of hydrogen-bond acceptors (Lipinski definition) is 4. The van der Waals surface area contributed by atoms with Gasteiger partial charge >= 0.3 is 12.2 Å². The van der Waals surface area contributed by atoms with Crippen LogP contribution in [0.3, 0.4) is 0 Å². The number of aromatic nitrogens is 3. The third kappa shape index (κ3) is 5.59. The number of carbonyl (C=O) groups is 1. The third-order valence-corrected chi connectivity index (χ3v) is 5.05. The quantitative estimate of drug-likeness (QED) is 0.317. The monoisotopic (exact) mass is 503 g/mol. The normalized spacial score (nSPS) is 11.3. The van der Waals surface area contributed by atoms with Crippen LogP contribution in [-0.2, 0) is 12.7 Å². The average Bonchev–Trinajstić information content (AvgIpc) is 3.18. The molecule has 0 atom stereocenters. The molecule has 0 spiro atoms. The van der Waals surface area contributed by atoms with Crippen molar-refractivity contribution in [3.05, 3.63) is 95.4 Å². The maximum Gasteiger partial charge on any atom is 0.419 e. The van der Waals surface area contributed by atoms with E-state index in [2.05, 4.69) is 20.7 Å². The first-order valence-corrected chi connectivity index (χ1v) is 10.5. The minimum absolute atomic E-state index is 0.0219. The van der Waals surface area contributed by atoms with Crippen molar-refractivity contribution in [3.63, 3.8) is 0 Å². The Kier molecular flexibility index (Phi) is 6.86. The third-order valence-electron chi connectivity index (χ3n) is 5.05. The van der Waals surface area contributed by atoms with Gasteiger partial charge in [-0.15, -0.1) is 0 Å². The van der Waals surface area contributed by atoms with Crippen LogP contribution in [0, 0.1) is 18.6 Å². The van der Waals surface area contributed by atoms with Gasteiger partial charge in [-0.25, -0.2) is 23.2 Å². The molecule has 0 radical (unpaired) electrons. The van der Waals surface area contributed by atoms with Crippen molar-refractivity contribution in [1.82, 2.24) is 20.1 Å². The van der Waals surface area contributed by atoms with Gasteiger partial charge in [0, 0.05) is 24.9 Å². The summed E-state index contributed by atoms with van der Waals surface area (Å²) in [5.41, 5.74) is 0.380. The van der Waals surface area contributed by atoms with E-state index in [9.17, 15) is 26.7 Å². The van der Waals surface area contributed by atoms with Gasteiger partial charge in [0.05, 0.1) is 23.1 Å². The molecule has 0 saturated carbocycles. The molecule has 0 aliphatic heterocycles. The van der Waals surface area contributed by atoms with Crippen molar-refractivity contribution in [2.45, 2.75) is 19.6 Å². The van der Waals surface area contributed by atoms with Gasteiger partial charge in [-0.2, -0.15) is 18.3 Å². The van der Waals surface area contributed by atoms with Crippen molar-refractivity contribution >= 4 is 11.7 Å². The number of ether oxygens (including phenoxy) is 1. The molecule has 2 heterocycles. The Bertz CT molecular complexity index is 1390. The highest BCUT2D eigenvalue weighted by atomic mass is 19.4. The number of hydrogen-bond donors (Lipinski definition) is 2. The summed E-state index contributed by atoms with van der Waals surface area (Å²) in [4.78, 5) is 16.3. The van der Waals surface area contributed by atoms with Crippen LogP contribution < -0.4 is 15.4 Å². The van der Waals surface area contributed by atoms with Crippen molar-refractivity contribution in [3.8, 4) is 17.3 Å². The van der Waals surface area contributed by atoms with Gasteiger partial charge in [-0.1, -0.05) is 18.2 Å². The number of nitrogens with one attached hydrogen (secondary N) is 2. The number of alkyl halides is 3. The summed E-state index contributed by atoms with van der Waals surface area (Å²) < 4.78 is 73.0. The van der Waals surface area contributed by atoms with E-state index in [1.165, 1.54) is 47.4 Å². The number of carbonyl (C=O) groups excluding carboxylic acids is 1. The maximum absolute atomic E-state index is 14.1. The SMILES string of the molecule is Cc1c(NC(=O)NCc2ccc(Oc3ccccc3C(F)(F)F)nc2)cnn1-c1ccc(F)cc1F. The molecule has 0 saturated heterocycles. The highest BCUT2D eigenvalue weighted by molar-refractivity contribution is 5.89. The van der Waals surface area contributed by atoms with Crippen molar-refractivity contribution in [2.24, 2.45) is 0 Å². The van der Waals surface area contributed by atoms with E-state index in [0.29, 0.717) is 16.9 Å². The summed E-state index contributed by atoms with van der Waals surface area (Å²) in [7, 11) is 0. The Morgan fingerprint density at radius 3 is 2.53 bits per heavy atom. The van der Waals surface area contributed by atoms with Gasteiger partial charge in [0.2, 0.25) is 5.88 Å². The largest absolute Gasteiger partial charge is 0.438 e. The number of para-hydroxylation sites is 1. The number of nitrogens with zero attached hydrogens (tertiary/aromatic N) is 3. The first-order valence-electron chi connectivity index (χ1n) is 10.5. The molecule has 0 fully saturated rings. The predicted octanol–water partition coefficient (Wildman–Crippen LogP) is 5.99. The van der Waals surface area contributed by atoms with Crippen molar-refractivity contribution < 1.29 is 31.5 Å². The predicted molar refractivity (Wildman–Crippen MR) is 120 cm³/mol. The molecule has 0 bridgehead atoms. The van der Waals surface area contributed by atoms with E-state index < -0.39 is 29.4 Å². The molecular weight excluding hydrogens is 485 g/mol. The number of urea groups is 1. The summed E-state index contributed by atoms with van der Waals surface area (Å²) >= 11 is 0. The van der Waals surface area contributed by atoms with Crippen LogP contribution in [-0.4, -0.2) is 20.8 Å². The first kappa shape index (κ1) is 24.6. The maximum atomic E-state index is 14.1. The molecule has 4 aromatic rings. The number of amides is 2. The Hall–Kier alpha value is -4.48. The van der Waals surface area contributed by atoms with E-state index in [0.717, 1.165) is 18.2 Å². The Labute approximate surface area is 201 Å². The fraction of sp³-hybridized carbons (Fsp3) is 0.125. The van der Waals surface area contributed by atoms with Gasteiger partial charge in [-0.05, 0) is 36.8 Å². The van der Waals surface area contributed by atoms with Gasteiger partial charge < -0.3 is 15.4 Å². The van der Waals surface area contributed by atoms with E-state index in [4.69, 9.17) is 4.74 Å². The van der Waals surface area contributed by atoms with Gasteiger partial charge in [0.1, 0.15) is 17.3 Å². The van der Waals surface area contributed by atoms with Crippen LogP contribution >= 0.6 is 0 Å². The number of pyridine rings is 1. The highest BCUT2D eigenvalue weighted by Gasteiger charge is 2.34. The Morgan fingerprint density at radius 1 is 1.06 bits per heavy atom. The van der Waals surface area contributed by atoms with Crippen LogP contribution in [0.25, 0.3) is 5.69 Å². The summed E-state index contributed by atoms with van der Waals surface area (Å²) in [6, 6.07) is 10.2. The summed E-state index contributed by atoms with van der Waals surface area (Å²) in [5, 5.41) is 9.22. The fourth-order valence-electron chi connectivity index (χ4n) is 3.26. The summed E-state index contributed by atoms with van der Waals surface area (Å²) in [5.74, 6) is -1.95. The number of rotatable bonds is 6. The van der Waals surface area contributed by atoms with Crippen molar-refractivity contribution in [2.75, 3.05) is 5.32 Å². The molecular formula is C24H18F5N5O2. The second kappa shape index (κ2) is 10.0. The smallest absolute Gasteiger partial charge is 0.419 e. The lowest BCUT2D eigenvalue weighted by molar-refractivity contribution is -0.138. The molecule has 186 valence electrons. The summed E-state index contributed by atoms with van der Waals surface area (Å²) in [6.45, 7) is 1.66. The van der Waals surface area contributed by atoms with Crippen LogP contribution in [0.4, 0.5) is 32.4 Å². The van der Waals surface area contributed by atoms with Crippen LogP contribution in [0.1, 0.15) is 16.8 Å². The van der Waals surface area contributed by atoms with Crippen LogP contribution in [0.5, 0.6) is 11.6 Å². The topological polar surface area (TPSA) is 81.1 Å². The van der Waals surface area contributed by atoms with E-state index in [-0.39, 0.29) is 23.9 Å². The van der Waals surface area contributed by atoms with E-state index in [1.807, 2.05) is 0 Å². The van der Waals surface area contributed by atoms with E-state index in [1.54, 1.807) is 13.0 Å². The lowest BCUT2D eigenvalue weighted by atomic mass is 10.2. The Morgan fingerprint density at radius 2 is 1.83 bits per heavy atom. The molecule has 2 amide bonds. The fourth-order valence-corrected chi connectivity index (χ4v) is 3.26. The highest BCUT2D eigenvalue weighted by Crippen LogP contribution is 2.37. The zero-order chi connectivity index (χ0) is 25.9. The van der Waals surface area contributed by atoms with Gasteiger partial charge in [-0.3, -0.25) is 0 Å². The minimum Gasteiger partial charge on any atom is -0.438 e. The lowest BCUT2D eigenvalue weighted by Crippen LogP contribution is -2.28. The molecule has 0 unspecified atom stereocenters. The lowest BCUT2D eigenvalue weighted by Gasteiger charge is -2.13. The molecule has 36 heavy (non-hydrogen) atoms. The zero-order valence-corrected chi connectivity index (χ0v) is 18.6. The van der Waals surface area contributed by atoms with Gasteiger partial charge in [0.15, 0.2) is 5.82 Å². The first-order chi connectivity index (χ1) is 17.1. The van der Waals surface area contributed by atoms with Crippen LogP contribution in [0.2, 0.25) is 0 Å². The second-order valence-corrected chi connectivity index (χ2v) is 7.56. The molecule has 7 nitrogen and oxygen atoms in total. The molecule has 2 aromatic heterocycles. The average molecular weight is 503 g/mol. The summed E-state index contributed by atoms with van der Waals surface area (Å²) in [6.07, 6.45) is -1.90. The minimum atomic E-state index is -4.57. The molecule has 2 N–H and O–H groups in total. The second-order valence-electron chi connectivity index (χ2n) is 7.56. The zero-order valence-electron chi connectivity index (χ0n) is 18.6.